The molecule has 1 fully saturated rings. The van der Waals surface area contributed by atoms with Crippen LogP contribution in [0.3, 0.4) is 0 Å². The average Bonchev–Trinajstić information content (AvgIpc) is 2.64. The monoisotopic (exact) mass is 262 g/mol. The Kier molecular flexibility index (Phi) is 4.11. The topological polar surface area (TPSA) is 49.5 Å². The van der Waals surface area contributed by atoms with Crippen LogP contribution in [0, 0.1) is 0 Å². The molecule has 18 heavy (non-hydrogen) atoms. The van der Waals surface area contributed by atoms with E-state index in [1.807, 2.05) is 0 Å². The minimum Gasteiger partial charge on any atom is -0.398 e. The molecule has 1 heterocycles. The number of alkyl halides is 3. The van der Waals surface area contributed by atoms with Crippen molar-refractivity contribution in [1.29, 1.82) is 0 Å². The van der Waals surface area contributed by atoms with E-state index in [2.05, 4.69) is 0 Å². The fourth-order valence-electron chi connectivity index (χ4n) is 1.96. The van der Waals surface area contributed by atoms with Gasteiger partial charge in [-0.1, -0.05) is 7.43 Å². The summed E-state index contributed by atoms with van der Waals surface area (Å²) in [5, 5.41) is 9.36. The highest BCUT2D eigenvalue weighted by Gasteiger charge is 2.34. The molecular weight excluding hydrogens is 245 g/mol. The van der Waals surface area contributed by atoms with Gasteiger partial charge in [0, 0.05) is 24.5 Å². The molecule has 2 rings (SSSR count). The molecule has 0 aliphatic carbocycles. The third-order valence-corrected chi connectivity index (χ3v) is 2.87. The number of hydrogen-bond donors (Lipinski definition) is 2. The number of aliphatic hydroxyl groups is 1. The number of nitrogens with two attached hydrogens (primary N) is 1. The van der Waals surface area contributed by atoms with E-state index >= 15 is 0 Å². The van der Waals surface area contributed by atoms with Gasteiger partial charge in [0.15, 0.2) is 0 Å². The molecule has 1 aromatic carbocycles. The summed E-state index contributed by atoms with van der Waals surface area (Å²) in [6, 6.07) is 3.83. The highest BCUT2D eigenvalue weighted by Crippen LogP contribution is 2.36. The Bertz CT molecular complexity index is 420. The molecule has 102 valence electrons. The fraction of sp³-hybridized carbons (Fsp3) is 0.500. The molecule has 3 N–H and O–H groups in total. The van der Waals surface area contributed by atoms with E-state index in [1.54, 1.807) is 11.0 Å². The largest absolute Gasteiger partial charge is 0.418 e. The van der Waals surface area contributed by atoms with Gasteiger partial charge in [0.1, 0.15) is 0 Å². The summed E-state index contributed by atoms with van der Waals surface area (Å²) in [4.78, 5) is 1.72. The van der Waals surface area contributed by atoms with Gasteiger partial charge in [0.25, 0.3) is 0 Å². The number of rotatable bonds is 1. The van der Waals surface area contributed by atoms with Gasteiger partial charge in [-0.25, -0.2) is 0 Å². The van der Waals surface area contributed by atoms with E-state index < -0.39 is 17.8 Å². The summed E-state index contributed by atoms with van der Waals surface area (Å²) in [5.41, 5.74) is 4.66. The van der Waals surface area contributed by atoms with Crippen LogP contribution < -0.4 is 10.6 Å². The minimum atomic E-state index is -4.45. The Balaban J connectivity index is 0.00000162. The molecule has 1 atom stereocenters. The highest BCUT2D eigenvalue weighted by molar-refractivity contribution is 5.60. The van der Waals surface area contributed by atoms with Gasteiger partial charge in [-0.2, -0.15) is 13.2 Å². The third kappa shape index (κ3) is 2.87. The standard InChI is InChI=1S/C11H13F3N2O.CH4/c12-11(13,14)9-5-7(1-2-10(9)15)16-4-3-8(17)6-16;/h1-2,5,8,17H,3-4,6,15H2;1H4/t8-;/m1./s1. The highest BCUT2D eigenvalue weighted by atomic mass is 19.4. The zero-order valence-corrected chi connectivity index (χ0v) is 9.04. The number of nitrogens with zero attached hydrogens (tertiary/aromatic N) is 1. The maximum absolute atomic E-state index is 12.6. The molecule has 0 unspecified atom stereocenters. The van der Waals surface area contributed by atoms with Crippen molar-refractivity contribution >= 4 is 11.4 Å². The lowest BCUT2D eigenvalue weighted by atomic mass is 10.1. The van der Waals surface area contributed by atoms with Crippen LogP contribution in [-0.2, 0) is 6.18 Å². The van der Waals surface area contributed by atoms with Crippen molar-refractivity contribution in [2.45, 2.75) is 26.1 Å². The molecule has 0 spiro atoms. The number of nitrogen functional groups attached to an aromatic ring is 1. The van der Waals surface area contributed by atoms with E-state index in [9.17, 15) is 18.3 Å². The van der Waals surface area contributed by atoms with Gasteiger partial charge in [-0.15, -0.1) is 0 Å². The van der Waals surface area contributed by atoms with Crippen molar-refractivity contribution < 1.29 is 18.3 Å². The normalized spacial score (nSPS) is 19.8. The second-order valence-electron chi connectivity index (χ2n) is 4.16. The third-order valence-electron chi connectivity index (χ3n) is 2.87. The van der Waals surface area contributed by atoms with E-state index in [0.29, 0.717) is 25.2 Å². The number of anilines is 2. The van der Waals surface area contributed by atoms with Crippen molar-refractivity contribution in [3.05, 3.63) is 23.8 Å². The van der Waals surface area contributed by atoms with Crippen molar-refractivity contribution in [2.75, 3.05) is 23.7 Å². The molecule has 0 saturated carbocycles. The van der Waals surface area contributed by atoms with Crippen LogP contribution >= 0.6 is 0 Å². The van der Waals surface area contributed by atoms with Gasteiger partial charge in [-0.3, -0.25) is 0 Å². The molecule has 3 nitrogen and oxygen atoms in total. The summed E-state index contributed by atoms with van der Waals surface area (Å²) in [7, 11) is 0. The first-order valence-corrected chi connectivity index (χ1v) is 5.27. The van der Waals surface area contributed by atoms with Crippen molar-refractivity contribution in [3.8, 4) is 0 Å². The smallest absolute Gasteiger partial charge is 0.398 e. The van der Waals surface area contributed by atoms with E-state index in [4.69, 9.17) is 5.73 Å². The summed E-state index contributed by atoms with van der Waals surface area (Å²) in [5.74, 6) is 0. The quantitative estimate of drug-likeness (QED) is 0.764. The Labute approximate surface area is 104 Å². The zero-order chi connectivity index (χ0) is 12.6. The Hall–Kier alpha value is -1.43. The Morgan fingerprint density at radius 3 is 2.50 bits per heavy atom. The number of halogens is 3. The second-order valence-corrected chi connectivity index (χ2v) is 4.16. The van der Waals surface area contributed by atoms with Crippen LogP contribution in [-0.4, -0.2) is 24.3 Å². The predicted molar refractivity (Wildman–Crippen MR) is 65.4 cm³/mol. The van der Waals surface area contributed by atoms with E-state index in [1.165, 1.54) is 6.07 Å². The molecule has 6 heteroatoms. The maximum atomic E-state index is 12.6. The molecular formula is C12H17F3N2O. The number of benzene rings is 1. The first-order chi connectivity index (χ1) is 7.88. The van der Waals surface area contributed by atoms with Gasteiger partial charge in [0.2, 0.25) is 0 Å². The SMILES string of the molecule is C.Nc1ccc(N2CC[C@@H](O)C2)cc1C(F)(F)F. The van der Waals surface area contributed by atoms with Crippen LogP contribution in [0.15, 0.2) is 18.2 Å². The number of β-amino-alcohol motifs (C(OH)–C–C–N with tert-alkyl or cyclic N) is 1. The molecule has 0 amide bonds. The van der Waals surface area contributed by atoms with Crippen LogP contribution in [0.5, 0.6) is 0 Å². The second kappa shape index (κ2) is 5.06. The Morgan fingerprint density at radius 1 is 1.33 bits per heavy atom. The lowest BCUT2D eigenvalue weighted by molar-refractivity contribution is -0.136. The molecule has 0 aromatic heterocycles. The van der Waals surface area contributed by atoms with Crippen LogP contribution in [0.2, 0.25) is 0 Å². The summed E-state index contributed by atoms with van der Waals surface area (Å²) in [6.07, 6.45) is -4.34. The van der Waals surface area contributed by atoms with Crippen molar-refractivity contribution in [2.24, 2.45) is 0 Å². The predicted octanol–water partition coefficient (Wildman–Crippen LogP) is 2.49. The van der Waals surface area contributed by atoms with Crippen molar-refractivity contribution in [3.63, 3.8) is 0 Å². The molecule has 0 radical (unpaired) electrons. The van der Waals surface area contributed by atoms with Crippen LogP contribution in [0.1, 0.15) is 19.4 Å². The molecule has 0 bridgehead atoms. The average molecular weight is 262 g/mol. The lowest BCUT2D eigenvalue weighted by Gasteiger charge is -2.20. The molecule has 1 aromatic rings. The summed E-state index contributed by atoms with van der Waals surface area (Å²) >= 11 is 0. The minimum absolute atomic E-state index is 0. The lowest BCUT2D eigenvalue weighted by Crippen LogP contribution is -2.22. The van der Waals surface area contributed by atoms with Crippen LogP contribution in [0.25, 0.3) is 0 Å². The first kappa shape index (κ1) is 14.6. The summed E-state index contributed by atoms with van der Waals surface area (Å²) in [6.45, 7) is 0.920. The van der Waals surface area contributed by atoms with Gasteiger partial charge < -0.3 is 15.7 Å². The Morgan fingerprint density at radius 2 is 2.00 bits per heavy atom. The fourth-order valence-corrected chi connectivity index (χ4v) is 1.96. The van der Waals surface area contributed by atoms with Gasteiger partial charge in [0.05, 0.1) is 11.7 Å². The zero-order valence-electron chi connectivity index (χ0n) is 9.04. The summed E-state index contributed by atoms with van der Waals surface area (Å²) < 4.78 is 37.9. The number of aliphatic hydroxyl groups excluding tert-OH is 1. The van der Waals surface area contributed by atoms with Crippen molar-refractivity contribution in [1.82, 2.24) is 0 Å². The first-order valence-electron chi connectivity index (χ1n) is 5.27. The molecule has 1 aliphatic heterocycles. The molecule has 1 aliphatic rings. The van der Waals surface area contributed by atoms with Gasteiger partial charge in [-0.05, 0) is 24.6 Å². The van der Waals surface area contributed by atoms with Gasteiger partial charge >= 0.3 is 6.18 Å². The van der Waals surface area contributed by atoms with E-state index in [-0.39, 0.29) is 13.1 Å². The maximum Gasteiger partial charge on any atom is 0.418 e. The number of hydrogen-bond acceptors (Lipinski definition) is 3. The van der Waals surface area contributed by atoms with E-state index in [0.717, 1.165) is 6.07 Å². The molecule has 1 saturated heterocycles. The van der Waals surface area contributed by atoms with Crippen LogP contribution in [0.4, 0.5) is 24.5 Å².